The molecule has 0 aliphatic carbocycles. The maximum atomic E-state index is 12.9. The molecule has 2 aromatic rings. The minimum atomic E-state index is -0.418. The maximum absolute atomic E-state index is 12.9. The van der Waals surface area contributed by atoms with Gasteiger partial charge in [0.25, 0.3) is 0 Å². The molecule has 0 aliphatic heterocycles. The van der Waals surface area contributed by atoms with Crippen LogP contribution in [0.1, 0.15) is 5.69 Å². The Balaban J connectivity index is 2.24. The molecule has 0 fully saturated rings. The molecule has 0 unspecified atom stereocenters. The summed E-state index contributed by atoms with van der Waals surface area (Å²) in [6, 6.07) is 8.25. The van der Waals surface area contributed by atoms with Crippen LogP contribution in [-0.2, 0) is 0 Å². The molecule has 0 spiro atoms. The summed E-state index contributed by atoms with van der Waals surface area (Å²) < 4.78 is 12.9. The Bertz CT molecular complexity index is 514. The zero-order valence-electron chi connectivity index (χ0n) is 8.67. The van der Waals surface area contributed by atoms with E-state index in [9.17, 15) is 4.39 Å². The van der Waals surface area contributed by atoms with Crippen LogP contribution in [0.3, 0.4) is 0 Å². The van der Waals surface area contributed by atoms with Gasteiger partial charge in [-0.3, -0.25) is 4.98 Å². The summed E-state index contributed by atoms with van der Waals surface area (Å²) in [5.41, 5.74) is 2.56. The second-order valence-electron chi connectivity index (χ2n) is 3.44. The second kappa shape index (κ2) is 4.49. The van der Waals surface area contributed by atoms with Crippen molar-refractivity contribution in [2.75, 3.05) is 5.32 Å². The third-order valence-electron chi connectivity index (χ3n) is 2.10. The highest BCUT2D eigenvalue weighted by Crippen LogP contribution is 2.22. The number of aromatic nitrogens is 1. The number of hydrogen-bond donors (Lipinski definition) is 1. The molecule has 0 atom stereocenters. The molecule has 16 heavy (non-hydrogen) atoms. The van der Waals surface area contributed by atoms with Crippen molar-refractivity contribution < 1.29 is 4.39 Å². The highest BCUT2D eigenvalue weighted by Gasteiger charge is 2.01. The van der Waals surface area contributed by atoms with E-state index >= 15 is 0 Å². The lowest BCUT2D eigenvalue weighted by Gasteiger charge is -2.07. The van der Waals surface area contributed by atoms with E-state index in [2.05, 4.69) is 10.3 Å². The first kappa shape index (κ1) is 10.9. The first-order valence-electron chi connectivity index (χ1n) is 4.80. The first-order valence-corrected chi connectivity index (χ1v) is 5.18. The summed E-state index contributed by atoms with van der Waals surface area (Å²) in [5, 5.41) is 3.23. The number of nitrogens with zero attached hydrogens (tertiary/aromatic N) is 1. The number of halogens is 2. The Kier molecular flexibility index (Phi) is 3.06. The van der Waals surface area contributed by atoms with Crippen LogP contribution in [0.4, 0.5) is 15.8 Å². The molecular weight excluding hydrogens is 227 g/mol. The first-order chi connectivity index (χ1) is 7.65. The van der Waals surface area contributed by atoms with Crippen molar-refractivity contribution >= 4 is 23.0 Å². The van der Waals surface area contributed by atoms with Gasteiger partial charge < -0.3 is 5.32 Å². The standard InChI is InChI=1S/C12H10ClFN2/c1-8-6-10(4-5-15-8)16-9-2-3-12(14)11(13)7-9/h2-7H,1H3,(H,15,16). The Labute approximate surface area is 98.1 Å². The number of rotatable bonds is 2. The van der Waals surface area contributed by atoms with Crippen LogP contribution in [0.15, 0.2) is 36.5 Å². The lowest BCUT2D eigenvalue weighted by atomic mass is 10.2. The maximum Gasteiger partial charge on any atom is 0.141 e. The average molecular weight is 237 g/mol. The van der Waals surface area contributed by atoms with E-state index in [4.69, 9.17) is 11.6 Å². The van der Waals surface area contributed by atoms with E-state index in [0.717, 1.165) is 17.1 Å². The molecule has 2 rings (SSSR count). The summed E-state index contributed by atoms with van der Waals surface area (Å²) in [4.78, 5) is 4.09. The number of anilines is 2. The van der Waals surface area contributed by atoms with E-state index in [-0.39, 0.29) is 5.02 Å². The SMILES string of the molecule is Cc1cc(Nc2ccc(F)c(Cl)c2)ccn1. The van der Waals surface area contributed by atoms with E-state index in [1.54, 1.807) is 18.3 Å². The van der Waals surface area contributed by atoms with Crippen LogP contribution in [-0.4, -0.2) is 4.98 Å². The predicted molar refractivity (Wildman–Crippen MR) is 63.7 cm³/mol. The van der Waals surface area contributed by atoms with Gasteiger partial charge in [0, 0.05) is 23.3 Å². The fourth-order valence-electron chi connectivity index (χ4n) is 1.36. The van der Waals surface area contributed by atoms with Gasteiger partial charge in [-0.25, -0.2) is 4.39 Å². The number of benzene rings is 1. The summed E-state index contributed by atoms with van der Waals surface area (Å²) in [6.07, 6.45) is 1.71. The normalized spacial score (nSPS) is 10.2. The number of nitrogens with one attached hydrogen (secondary N) is 1. The predicted octanol–water partition coefficient (Wildman–Crippen LogP) is 3.93. The Hall–Kier alpha value is -1.61. The molecular formula is C12H10ClFN2. The van der Waals surface area contributed by atoms with Crippen LogP contribution < -0.4 is 5.32 Å². The van der Waals surface area contributed by atoms with E-state index in [1.807, 2.05) is 19.1 Å². The van der Waals surface area contributed by atoms with Gasteiger partial charge in [-0.15, -0.1) is 0 Å². The van der Waals surface area contributed by atoms with Crippen molar-refractivity contribution in [3.63, 3.8) is 0 Å². The highest BCUT2D eigenvalue weighted by atomic mass is 35.5. The molecule has 4 heteroatoms. The monoisotopic (exact) mass is 236 g/mol. The van der Waals surface area contributed by atoms with Crippen molar-refractivity contribution in [3.8, 4) is 0 Å². The molecule has 1 aromatic heterocycles. The van der Waals surface area contributed by atoms with Crippen molar-refractivity contribution in [2.24, 2.45) is 0 Å². The van der Waals surface area contributed by atoms with Crippen molar-refractivity contribution in [1.29, 1.82) is 0 Å². The molecule has 0 aliphatic rings. The van der Waals surface area contributed by atoms with Crippen LogP contribution >= 0.6 is 11.6 Å². The fraction of sp³-hybridized carbons (Fsp3) is 0.0833. The van der Waals surface area contributed by atoms with Gasteiger partial charge in [0.15, 0.2) is 0 Å². The zero-order valence-corrected chi connectivity index (χ0v) is 9.42. The Morgan fingerprint density at radius 3 is 2.62 bits per heavy atom. The molecule has 2 nitrogen and oxygen atoms in total. The van der Waals surface area contributed by atoms with E-state index < -0.39 is 5.82 Å². The van der Waals surface area contributed by atoms with Crippen molar-refractivity contribution in [3.05, 3.63) is 53.1 Å². The van der Waals surface area contributed by atoms with Crippen molar-refractivity contribution in [2.45, 2.75) is 6.92 Å². The minimum Gasteiger partial charge on any atom is -0.355 e. The van der Waals surface area contributed by atoms with Gasteiger partial charge in [0.1, 0.15) is 5.82 Å². The van der Waals surface area contributed by atoms with Crippen LogP contribution in [0.5, 0.6) is 0 Å². The molecule has 82 valence electrons. The van der Waals surface area contributed by atoms with Gasteiger partial charge in [-0.1, -0.05) is 11.6 Å². The third-order valence-corrected chi connectivity index (χ3v) is 2.39. The lowest BCUT2D eigenvalue weighted by molar-refractivity contribution is 0.628. The van der Waals surface area contributed by atoms with Gasteiger partial charge in [0.2, 0.25) is 0 Å². The largest absolute Gasteiger partial charge is 0.355 e. The quantitative estimate of drug-likeness (QED) is 0.855. The van der Waals surface area contributed by atoms with Crippen LogP contribution in [0.2, 0.25) is 5.02 Å². The molecule has 1 heterocycles. The molecule has 0 saturated carbocycles. The second-order valence-corrected chi connectivity index (χ2v) is 3.85. The van der Waals surface area contributed by atoms with E-state index in [0.29, 0.717) is 0 Å². The number of aryl methyl sites for hydroxylation is 1. The van der Waals surface area contributed by atoms with E-state index in [1.165, 1.54) is 6.07 Å². The zero-order chi connectivity index (χ0) is 11.5. The van der Waals surface area contributed by atoms with Gasteiger partial charge >= 0.3 is 0 Å². The molecule has 0 bridgehead atoms. The summed E-state index contributed by atoms with van der Waals surface area (Å²) in [7, 11) is 0. The van der Waals surface area contributed by atoms with Crippen LogP contribution in [0.25, 0.3) is 0 Å². The summed E-state index contributed by atoms with van der Waals surface area (Å²) in [5.74, 6) is -0.418. The molecule has 1 N–H and O–H groups in total. The average Bonchev–Trinajstić information content (AvgIpc) is 2.24. The molecule has 0 radical (unpaired) electrons. The minimum absolute atomic E-state index is 0.107. The summed E-state index contributed by atoms with van der Waals surface area (Å²) >= 11 is 5.68. The van der Waals surface area contributed by atoms with Crippen molar-refractivity contribution in [1.82, 2.24) is 4.98 Å². The topological polar surface area (TPSA) is 24.9 Å². The molecule has 1 aromatic carbocycles. The van der Waals surface area contributed by atoms with Gasteiger partial charge in [-0.2, -0.15) is 0 Å². The smallest absolute Gasteiger partial charge is 0.141 e. The number of hydrogen-bond acceptors (Lipinski definition) is 2. The molecule has 0 saturated heterocycles. The van der Waals surface area contributed by atoms with Crippen LogP contribution in [0, 0.1) is 12.7 Å². The number of pyridine rings is 1. The highest BCUT2D eigenvalue weighted by molar-refractivity contribution is 6.31. The van der Waals surface area contributed by atoms with Gasteiger partial charge in [-0.05, 0) is 37.3 Å². The fourth-order valence-corrected chi connectivity index (χ4v) is 1.54. The Morgan fingerprint density at radius 1 is 1.19 bits per heavy atom. The molecule has 0 amide bonds. The lowest BCUT2D eigenvalue weighted by Crippen LogP contribution is -1.92. The van der Waals surface area contributed by atoms with Gasteiger partial charge in [0.05, 0.1) is 5.02 Å². The third kappa shape index (κ3) is 2.49. The summed E-state index contributed by atoms with van der Waals surface area (Å²) in [6.45, 7) is 1.91. The Morgan fingerprint density at radius 2 is 1.94 bits per heavy atom.